The maximum Gasteiger partial charge on any atom is 0.246 e. The van der Waals surface area contributed by atoms with Gasteiger partial charge in [-0.3, -0.25) is 9.69 Å². The Kier molecular flexibility index (Phi) is 4.27. The zero-order valence-electron chi connectivity index (χ0n) is 12.6. The van der Waals surface area contributed by atoms with Crippen molar-refractivity contribution in [3.8, 4) is 0 Å². The van der Waals surface area contributed by atoms with Crippen molar-refractivity contribution in [1.29, 1.82) is 0 Å². The number of hydrogen-bond donors (Lipinski definition) is 2. The lowest BCUT2D eigenvalue weighted by molar-refractivity contribution is -0.119. The van der Waals surface area contributed by atoms with Crippen molar-refractivity contribution in [3.63, 3.8) is 0 Å². The molecule has 2 N–H and O–H groups in total. The average Bonchev–Trinajstić information content (AvgIpc) is 2.76. The first-order valence-corrected chi connectivity index (χ1v) is 7.99. The van der Waals surface area contributed by atoms with Gasteiger partial charge in [0, 0.05) is 18.2 Å². The Hall–Kier alpha value is -1.39. The molecule has 2 atom stereocenters. The molecule has 114 valence electrons. The van der Waals surface area contributed by atoms with Crippen LogP contribution in [0.4, 0.5) is 5.69 Å². The SMILES string of the molecule is Cc1ccc(N2C(=O)C(NC3CCCCC3)CC2O)cc1. The van der Waals surface area contributed by atoms with Crippen molar-refractivity contribution >= 4 is 11.6 Å². The first kappa shape index (κ1) is 14.5. The summed E-state index contributed by atoms with van der Waals surface area (Å²) in [6.07, 6.45) is 5.82. The summed E-state index contributed by atoms with van der Waals surface area (Å²) in [7, 11) is 0. The fourth-order valence-corrected chi connectivity index (χ4v) is 3.43. The molecule has 2 aliphatic rings. The molecular formula is C17H24N2O2. The zero-order valence-corrected chi connectivity index (χ0v) is 12.6. The Bertz CT molecular complexity index is 494. The predicted molar refractivity (Wildman–Crippen MR) is 83.1 cm³/mol. The second-order valence-electron chi connectivity index (χ2n) is 6.31. The van der Waals surface area contributed by atoms with Gasteiger partial charge in [-0.1, -0.05) is 37.0 Å². The lowest BCUT2D eigenvalue weighted by Crippen LogP contribution is -2.44. The predicted octanol–water partition coefficient (Wildman–Crippen LogP) is 2.34. The molecule has 3 rings (SSSR count). The molecule has 0 aromatic heterocycles. The minimum absolute atomic E-state index is 0.00285. The molecule has 0 radical (unpaired) electrons. The molecule has 1 saturated heterocycles. The highest BCUT2D eigenvalue weighted by Gasteiger charge is 2.40. The van der Waals surface area contributed by atoms with Crippen LogP contribution in [0.3, 0.4) is 0 Å². The Labute approximate surface area is 126 Å². The second kappa shape index (κ2) is 6.16. The molecule has 21 heavy (non-hydrogen) atoms. The molecule has 1 amide bonds. The largest absolute Gasteiger partial charge is 0.373 e. The number of benzene rings is 1. The van der Waals surface area contributed by atoms with Gasteiger partial charge in [0.05, 0.1) is 6.04 Å². The van der Waals surface area contributed by atoms with Gasteiger partial charge in [-0.15, -0.1) is 0 Å². The van der Waals surface area contributed by atoms with E-state index in [0.717, 1.165) is 24.1 Å². The van der Waals surface area contributed by atoms with Gasteiger partial charge in [0.25, 0.3) is 0 Å². The first-order valence-electron chi connectivity index (χ1n) is 7.99. The van der Waals surface area contributed by atoms with Crippen LogP contribution in [0.5, 0.6) is 0 Å². The van der Waals surface area contributed by atoms with Crippen LogP contribution in [0.25, 0.3) is 0 Å². The number of rotatable bonds is 3. The summed E-state index contributed by atoms with van der Waals surface area (Å²) in [5.74, 6) is -0.00285. The van der Waals surface area contributed by atoms with Gasteiger partial charge in [-0.25, -0.2) is 0 Å². The second-order valence-corrected chi connectivity index (χ2v) is 6.31. The number of nitrogens with one attached hydrogen (secondary N) is 1. The van der Waals surface area contributed by atoms with E-state index < -0.39 is 6.23 Å². The van der Waals surface area contributed by atoms with Crippen LogP contribution in [0.2, 0.25) is 0 Å². The number of anilines is 1. The molecule has 0 bridgehead atoms. The molecule has 1 aromatic carbocycles. The molecule has 1 heterocycles. The van der Waals surface area contributed by atoms with Crippen LogP contribution in [-0.4, -0.2) is 29.3 Å². The van der Waals surface area contributed by atoms with Crippen molar-refractivity contribution in [2.75, 3.05) is 4.90 Å². The van der Waals surface area contributed by atoms with Gasteiger partial charge in [-0.2, -0.15) is 0 Å². The van der Waals surface area contributed by atoms with Crippen molar-refractivity contribution in [3.05, 3.63) is 29.8 Å². The van der Waals surface area contributed by atoms with E-state index in [0.29, 0.717) is 12.5 Å². The summed E-state index contributed by atoms with van der Waals surface area (Å²) < 4.78 is 0. The van der Waals surface area contributed by atoms with E-state index in [-0.39, 0.29) is 11.9 Å². The van der Waals surface area contributed by atoms with E-state index >= 15 is 0 Å². The molecule has 1 aliphatic carbocycles. The van der Waals surface area contributed by atoms with Gasteiger partial charge >= 0.3 is 0 Å². The number of hydrogen-bond acceptors (Lipinski definition) is 3. The Morgan fingerprint density at radius 1 is 1.14 bits per heavy atom. The minimum atomic E-state index is -0.721. The van der Waals surface area contributed by atoms with E-state index in [2.05, 4.69) is 5.32 Å². The monoisotopic (exact) mass is 288 g/mol. The van der Waals surface area contributed by atoms with Gasteiger partial charge in [0.15, 0.2) is 0 Å². The van der Waals surface area contributed by atoms with Crippen molar-refractivity contribution in [2.24, 2.45) is 0 Å². The number of carbonyl (C=O) groups is 1. The number of aliphatic hydroxyl groups is 1. The number of nitrogens with zero attached hydrogens (tertiary/aromatic N) is 1. The van der Waals surface area contributed by atoms with Crippen LogP contribution < -0.4 is 10.2 Å². The van der Waals surface area contributed by atoms with Crippen LogP contribution in [0.15, 0.2) is 24.3 Å². The summed E-state index contributed by atoms with van der Waals surface area (Å²) in [5, 5.41) is 13.7. The Morgan fingerprint density at radius 2 is 1.81 bits per heavy atom. The number of carbonyl (C=O) groups excluding carboxylic acids is 1. The van der Waals surface area contributed by atoms with Crippen LogP contribution in [0.1, 0.15) is 44.1 Å². The van der Waals surface area contributed by atoms with Crippen LogP contribution in [0, 0.1) is 6.92 Å². The minimum Gasteiger partial charge on any atom is -0.373 e. The van der Waals surface area contributed by atoms with E-state index in [1.807, 2.05) is 31.2 Å². The molecule has 1 saturated carbocycles. The van der Waals surface area contributed by atoms with Gasteiger partial charge in [0.2, 0.25) is 5.91 Å². The zero-order chi connectivity index (χ0) is 14.8. The van der Waals surface area contributed by atoms with Gasteiger partial charge in [0.1, 0.15) is 6.23 Å². The summed E-state index contributed by atoms with van der Waals surface area (Å²) in [6.45, 7) is 2.01. The Morgan fingerprint density at radius 3 is 2.48 bits per heavy atom. The van der Waals surface area contributed by atoms with Crippen LogP contribution >= 0.6 is 0 Å². The Balaban J connectivity index is 1.69. The topological polar surface area (TPSA) is 52.6 Å². The molecule has 1 aromatic rings. The number of aryl methyl sites for hydroxylation is 1. The van der Waals surface area contributed by atoms with E-state index in [1.165, 1.54) is 24.2 Å². The summed E-state index contributed by atoms with van der Waals surface area (Å²) in [6, 6.07) is 7.93. The smallest absolute Gasteiger partial charge is 0.246 e. The van der Waals surface area contributed by atoms with Crippen molar-refractivity contribution in [1.82, 2.24) is 5.32 Å². The quantitative estimate of drug-likeness (QED) is 0.897. The molecule has 2 unspecified atom stereocenters. The maximum atomic E-state index is 12.6. The first-order chi connectivity index (χ1) is 10.1. The third-order valence-electron chi connectivity index (χ3n) is 4.63. The van der Waals surface area contributed by atoms with E-state index in [1.54, 1.807) is 0 Å². The fourth-order valence-electron chi connectivity index (χ4n) is 3.43. The molecule has 0 spiro atoms. The van der Waals surface area contributed by atoms with Gasteiger partial charge in [-0.05, 0) is 31.9 Å². The van der Waals surface area contributed by atoms with Crippen molar-refractivity contribution < 1.29 is 9.90 Å². The third kappa shape index (κ3) is 3.11. The fraction of sp³-hybridized carbons (Fsp3) is 0.588. The summed E-state index contributed by atoms with van der Waals surface area (Å²) in [4.78, 5) is 14.1. The normalized spacial score (nSPS) is 27.3. The lowest BCUT2D eigenvalue weighted by atomic mass is 9.95. The van der Waals surface area contributed by atoms with Crippen molar-refractivity contribution in [2.45, 2.75) is 63.8 Å². The number of amides is 1. The van der Waals surface area contributed by atoms with Gasteiger partial charge < -0.3 is 10.4 Å². The highest BCUT2D eigenvalue weighted by Crippen LogP contribution is 2.27. The number of aliphatic hydroxyl groups excluding tert-OH is 1. The third-order valence-corrected chi connectivity index (χ3v) is 4.63. The summed E-state index contributed by atoms with van der Waals surface area (Å²) in [5.41, 5.74) is 1.93. The molecule has 4 nitrogen and oxygen atoms in total. The maximum absolute atomic E-state index is 12.6. The highest BCUT2D eigenvalue weighted by atomic mass is 16.3. The molecular weight excluding hydrogens is 264 g/mol. The molecule has 1 aliphatic heterocycles. The average molecular weight is 288 g/mol. The summed E-state index contributed by atoms with van der Waals surface area (Å²) >= 11 is 0. The molecule has 2 fully saturated rings. The lowest BCUT2D eigenvalue weighted by Gasteiger charge is -2.25. The highest BCUT2D eigenvalue weighted by molar-refractivity contribution is 5.99. The van der Waals surface area contributed by atoms with Crippen LogP contribution in [-0.2, 0) is 4.79 Å². The van der Waals surface area contributed by atoms with E-state index in [4.69, 9.17) is 0 Å². The molecule has 4 heteroatoms. The van der Waals surface area contributed by atoms with E-state index in [9.17, 15) is 9.90 Å². The standard InChI is InChI=1S/C17H24N2O2/c1-12-7-9-14(10-8-12)19-16(20)11-15(17(19)21)18-13-5-3-2-4-6-13/h7-10,13,15-16,18,20H,2-6,11H2,1H3.